The highest BCUT2D eigenvalue weighted by Crippen LogP contribution is 2.48. The van der Waals surface area contributed by atoms with Gasteiger partial charge in [-0.25, -0.2) is 0 Å². The molecular formula is C27H36O16. The molecule has 0 aromatic heterocycles. The fourth-order valence-corrected chi connectivity index (χ4v) is 5.45. The van der Waals surface area contributed by atoms with Gasteiger partial charge in [0.15, 0.2) is 18.3 Å². The summed E-state index contributed by atoms with van der Waals surface area (Å²) in [6.45, 7) is 5.73. The molecule has 0 spiro atoms. The molecule has 43 heavy (non-hydrogen) atoms. The molecule has 16 nitrogen and oxygen atoms in total. The number of esters is 6. The second kappa shape index (κ2) is 14.1. The van der Waals surface area contributed by atoms with Gasteiger partial charge in [-0.1, -0.05) is 0 Å². The van der Waals surface area contributed by atoms with E-state index in [1.54, 1.807) is 6.08 Å². The summed E-state index contributed by atoms with van der Waals surface area (Å²) in [5, 5.41) is 11.7. The number of ether oxygens (including phenoxy) is 9. The van der Waals surface area contributed by atoms with Gasteiger partial charge in [-0.05, 0) is 6.08 Å². The fraction of sp³-hybridized carbons (Fsp3) is 0.704. The Balaban J connectivity index is 2.02. The van der Waals surface area contributed by atoms with E-state index in [1.807, 2.05) is 0 Å². The number of fused-ring (bicyclic) bond motifs is 1. The van der Waals surface area contributed by atoms with Crippen LogP contribution in [0.2, 0.25) is 0 Å². The van der Waals surface area contributed by atoms with E-state index in [4.69, 9.17) is 42.6 Å². The van der Waals surface area contributed by atoms with Crippen molar-refractivity contribution in [2.24, 2.45) is 11.8 Å². The lowest BCUT2D eigenvalue weighted by Gasteiger charge is -2.46. The molecule has 0 amide bonds. The van der Waals surface area contributed by atoms with Gasteiger partial charge in [0, 0.05) is 53.9 Å². The normalized spacial score (nSPS) is 34.5. The number of carbonyl (C=O) groups is 6. The number of aliphatic hydroxyl groups is 1. The first-order valence-electron chi connectivity index (χ1n) is 13.4. The van der Waals surface area contributed by atoms with Crippen molar-refractivity contribution in [1.82, 2.24) is 0 Å². The van der Waals surface area contributed by atoms with Crippen LogP contribution < -0.4 is 0 Å². The Morgan fingerprint density at radius 3 is 1.86 bits per heavy atom. The molecule has 3 aliphatic rings. The highest BCUT2D eigenvalue weighted by Gasteiger charge is 2.61. The lowest BCUT2D eigenvalue weighted by atomic mass is 9.84. The lowest BCUT2D eigenvalue weighted by Crippen LogP contribution is -2.64. The second-order valence-corrected chi connectivity index (χ2v) is 10.4. The van der Waals surface area contributed by atoms with Crippen LogP contribution in [0.25, 0.3) is 0 Å². The zero-order valence-corrected chi connectivity index (χ0v) is 24.5. The maximum Gasteiger partial charge on any atom is 0.303 e. The maximum atomic E-state index is 12.2. The van der Waals surface area contributed by atoms with E-state index in [2.05, 4.69) is 0 Å². The van der Waals surface area contributed by atoms with Crippen molar-refractivity contribution in [1.29, 1.82) is 0 Å². The second-order valence-electron chi connectivity index (χ2n) is 10.4. The topological polar surface area (TPSA) is 206 Å². The van der Waals surface area contributed by atoms with E-state index >= 15 is 0 Å². The van der Waals surface area contributed by atoms with Crippen molar-refractivity contribution in [2.75, 3.05) is 13.2 Å². The SMILES string of the molecule is CC(=O)OC[C@H]1O[C@@H](O[C@@H]2OC=C[C@@H]3[C@H]2[C@](O)(COC(C)=O)C[C@H]3OC(C)=O)[C@H](OC(C)=O)[C@@H](OC(C)=O)[C@@H]1OC(C)=O. The fourth-order valence-electron chi connectivity index (χ4n) is 5.45. The number of hydrogen-bond acceptors (Lipinski definition) is 16. The van der Waals surface area contributed by atoms with E-state index in [1.165, 1.54) is 13.2 Å². The van der Waals surface area contributed by atoms with Gasteiger partial charge in [-0.3, -0.25) is 28.8 Å². The Labute approximate surface area is 246 Å². The highest BCUT2D eigenvalue weighted by atomic mass is 16.8. The standard InChI is InChI=1S/C27H36O16/c1-12(28)36-10-20-22(39-15(4)31)23(40-16(5)32)24(41-17(6)33)26(42-20)43-25-21-18(7-8-35-25)19(38-14(3)30)9-27(21,34)11-37-13(2)29/h7-8,18-26,34H,9-11H2,1-6H3/t18-,19+,20+,21+,22+,23-,24+,25-,26-,27+/m0/s1. The zero-order valence-electron chi connectivity index (χ0n) is 24.5. The Morgan fingerprint density at radius 1 is 0.744 bits per heavy atom. The summed E-state index contributed by atoms with van der Waals surface area (Å²) < 4.78 is 49.6. The van der Waals surface area contributed by atoms with Crippen molar-refractivity contribution < 1.29 is 76.5 Å². The van der Waals surface area contributed by atoms with E-state index in [-0.39, 0.29) is 6.42 Å². The lowest BCUT2D eigenvalue weighted by molar-refractivity contribution is -0.349. The number of hydrogen-bond donors (Lipinski definition) is 1. The largest absolute Gasteiger partial charge is 0.472 e. The highest BCUT2D eigenvalue weighted by molar-refractivity contribution is 5.69. The molecule has 0 aromatic rings. The van der Waals surface area contributed by atoms with E-state index < -0.39 is 110 Å². The van der Waals surface area contributed by atoms with Gasteiger partial charge in [0.1, 0.15) is 31.0 Å². The summed E-state index contributed by atoms with van der Waals surface area (Å²) >= 11 is 0. The van der Waals surface area contributed by atoms with Gasteiger partial charge < -0.3 is 47.7 Å². The smallest absolute Gasteiger partial charge is 0.303 e. The predicted molar refractivity (Wildman–Crippen MR) is 136 cm³/mol. The number of rotatable bonds is 10. The monoisotopic (exact) mass is 616 g/mol. The van der Waals surface area contributed by atoms with Crippen LogP contribution in [0.3, 0.4) is 0 Å². The van der Waals surface area contributed by atoms with Crippen LogP contribution in [0.5, 0.6) is 0 Å². The third-order valence-corrected chi connectivity index (χ3v) is 6.88. The molecule has 2 fully saturated rings. The average Bonchev–Trinajstić information content (AvgIpc) is 3.16. The van der Waals surface area contributed by atoms with Gasteiger partial charge in [0.05, 0.1) is 12.2 Å². The average molecular weight is 617 g/mol. The minimum absolute atomic E-state index is 0.151. The van der Waals surface area contributed by atoms with Gasteiger partial charge in [0.2, 0.25) is 12.6 Å². The van der Waals surface area contributed by atoms with Crippen LogP contribution in [0.4, 0.5) is 0 Å². The van der Waals surface area contributed by atoms with Crippen LogP contribution in [0.1, 0.15) is 48.0 Å². The minimum atomic E-state index is -1.83. The van der Waals surface area contributed by atoms with Crippen LogP contribution in [-0.2, 0) is 71.4 Å². The summed E-state index contributed by atoms with van der Waals surface area (Å²) in [5.41, 5.74) is -1.83. The van der Waals surface area contributed by atoms with Gasteiger partial charge in [0.25, 0.3) is 0 Å². The van der Waals surface area contributed by atoms with Crippen molar-refractivity contribution >= 4 is 35.8 Å². The molecule has 0 unspecified atom stereocenters. The summed E-state index contributed by atoms with van der Waals surface area (Å²) in [5.74, 6) is -6.19. The molecular weight excluding hydrogens is 580 g/mol. The van der Waals surface area contributed by atoms with Gasteiger partial charge in [-0.15, -0.1) is 0 Å². The summed E-state index contributed by atoms with van der Waals surface area (Å²) in [7, 11) is 0. The Hall–Kier alpha value is -3.76. The predicted octanol–water partition coefficient (Wildman–Crippen LogP) is -0.182. The molecule has 1 saturated heterocycles. The third kappa shape index (κ3) is 8.64. The molecule has 1 saturated carbocycles. The van der Waals surface area contributed by atoms with E-state index in [9.17, 15) is 33.9 Å². The number of carbonyl (C=O) groups excluding carboxylic acids is 6. The van der Waals surface area contributed by atoms with E-state index in [0.29, 0.717) is 0 Å². The zero-order chi connectivity index (χ0) is 32.1. The molecule has 2 aliphatic heterocycles. The first-order valence-corrected chi connectivity index (χ1v) is 13.4. The molecule has 3 rings (SSSR count). The van der Waals surface area contributed by atoms with Gasteiger partial charge >= 0.3 is 35.8 Å². The Kier molecular flexibility index (Phi) is 11.1. The quantitative estimate of drug-likeness (QED) is 0.249. The summed E-state index contributed by atoms with van der Waals surface area (Å²) in [6.07, 6.45) is -6.99. The van der Waals surface area contributed by atoms with Crippen molar-refractivity contribution in [3.63, 3.8) is 0 Å². The van der Waals surface area contributed by atoms with Crippen LogP contribution in [-0.4, -0.2) is 103 Å². The van der Waals surface area contributed by atoms with Crippen LogP contribution >= 0.6 is 0 Å². The minimum Gasteiger partial charge on any atom is -0.472 e. The summed E-state index contributed by atoms with van der Waals surface area (Å²) in [4.78, 5) is 71.3. The molecule has 2 heterocycles. The van der Waals surface area contributed by atoms with Crippen LogP contribution in [0.15, 0.2) is 12.3 Å². The van der Waals surface area contributed by atoms with Crippen LogP contribution in [0, 0.1) is 11.8 Å². The molecule has 1 aliphatic carbocycles. The molecule has 10 atom stereocenters. The van der Waals surface area contributed by atoms with Crippen molar-refractivity contribution in [3.8, 4) is 0 Å². The first kappa shape index (κ1) is 33.7. The van der Waals surface area contributed by atoms with E-state index in [0.717, 1.165) is 34.6 Å². The van der Waals surface area contributed by atoms with Crippen molar-refractivity contribution in [3.05, 3.63) is 12.3 Å². The summed E-state index contributed by atoms with van der Waals surface area (Å²) in [6, 6.07) is 0. The van der Waals surface area contributed by atoms with Gasteiger partial charge in [-0.2, -0.15) is 0 Å². The molecule has 0 aromatic carbocycles. The third-order valence-electron chi connectivity index (χ3n) is 6.88. The Bertz CT molecular complexity index is 1120. The molecule has 240 valence electrons. The molecule has 0 bridgehead atoms. The maximum absolute atomic E-state index is 12.2. The first-order chi connectivity index (χ1) is 20.1. The molecule has 1 N–H and O–H groups in total. The Morgan fingerprint density at radius 2 is 1.30 bits per heavy atom. The molecule has 0 radical (unpaired) electrons. The van der Waals surface area contributed by atoms with Crippen molar-refractivity contribution in [2.45, 2.75) is 96.7 Å². The molecule has 16 heteroatoms.